The zero-order chi connectivity index (χ0) is 6.95. The van der Waals surface area contributed by atoms with Crippen LogP contribution in [0.3, 0.4) is 0 Å². The highest BCUT2D eigenvalue weighted by molar-refractivity contribution is 5.42. The van der Waals surface area contributed by atoms with E-state index in [1.807, 2.05) is 0 Å². The number of hydrogen-bond donors (Lipinski definition) is 3. The minimum atomic E-state index is 0.913. The van der Waals surface area contributed by atoms with Gasteiger partial charge in [0, 0.05) is 6.54 Å². The summed E-state index contributed by atoms with van der Waals surface area (Å²) in [7, 11) is 0. The topological polar surface area (TPSA) is 52.0 Å². The fourth-order valence-corrected chi connectivity index (χ4v) is 0.546. The van der Waals surface area contributed by atoms with Gasteiger partial charge in [0.15, 0.2) is 0 Å². The number of nitrogens with two attached hydrogens (primary N) is 1. The van der Waals surface area contributed by atoms with Gasteiger partial charge in [0.25, 0.3) is 0 Å². The Labute approximate surface area is 56.3 Å². The van der Waals surface area contributed by atoms with Crippen LogP contribution in [-0.4, -0.2) is 26.0 Å². The summed E-state index contributed by atoms with van der Waals surface area (Å²) in [6.45, 7) is 5.14. The molecule has 0 heterocycles. The number of hydrogen-bond acceptors (Lipinski definition) is 1. The minimum absolute atomic E-state index is 0.913. The van der Waals surface area contributed by atoms with Gasteiger partial charge in [0.05, 0.1) is 6.54 Å². The summed E-state index contributed by atoms with van der Waals surface area (Å²) in [6.07, 6.45) is 2.65. The molecule has 4 N–H and O–H groups in total. The monoisotopic (exact) mass is 130 g/mol. The van der Waals surface area contributed by atoms with Crippen molar-refractivity contribution in [1.29, 1.82) is 0 Å². The van der Waals surface area contributed by atoms with E-state index in [1.54, 1.807) is 0 Å². The van der Waals surface area contributed by atoms with Crippen molar-refractivity contribution in [3.63, 3.8) is 0 Å². The first-order valence-corrected chi connectivity index (χ1v) is 3.39. The molecule has 0 rings (SSSR count). The lowest BCUT2D eigenvalue weighted by Gasteiger charge is -1.95. The van der Waals surface area contributed by atoms with Crippen LogP contribution in [0.5, 0.6) is 0 Å². The van der Waals surface area contributed by atoms with E-state index in [-0.39, 0.29) is 0 Å². The van der Waals surface area contributed by atoms with E-state index < -0.39 is 0 Å². The minimum Gasteiger partial charge on any atom is -0.313 e. The molecule has 9 heavy (non-hydrogen) atoms. The molecule has 3 nitrogen and oxygen atoms in total. The summed E-state index contributed by atoms with van der Waals surface area (Å²) < 4.78 is 0. The highest BCUT2D eigenvalue weighted by Crippen LogP contribution is 1.65. The van der Waals surface area contributed by atoms with Crippen LogP contribution in [0.2, 0.25) is 0 Å². The highest BCUT2D eigenvalue weighted by Gasteiger charge is 1.81. The fourth-order valence-electron chi connectivity index (χ4n) is 0.546. The Bertz CT molecular complexity index is 70.7. The summed E-state index contributed by atoms with van der Waals surface area (Å²) in [6, 6.07) is 0. The third-order valence-corrected chi connectivity index (χ3v) is 0.991. The highest BCUT2D eigenvalue weighted by atomic mass is 14.9. The number of rotatable bonds is 5. The third-order valence-electron chi connectivity index (χ3n) is 0.991. The Kier molecular flexibility index (Phi) is 6.96. The van der Waals surface area contributed by atoms with Crippen LogP contribution in [0.15, 0.2) is 0 Å². The quantitative estimate of drug-likeness (QED) is 0.230. The van der Waals surface area contributed by atoms with Crippen molar-refractivity contribution in [2.24, 2.45) is 5.73 Å². The average molecular weight is 130 g/mol. The average Bonchev–Trinajstić information content (AvgIpc) is 1.89. The van der Waals surface area contributed by atoms with Gasteiger partial charge in [-0.15, -0.1) is 0 Å². The predicted octanol–water partition coefficient (Wildman–Crippen LogP) is -1.95. The molecule has 0 aliphatic rings. The summed E-state index contributed by atoms with van der Waals surface area (Å²) in [4.78, 5) is 2.90. The SMILES string of the molecule is CCCNCC[NH+]=CN. The lowest BCUT2D eigenvalue weighted by Crippen LogP contribution is -2.72. The molecule has 0 radical (unpaired) electrons. The van der Waals surface area contributed by atoms with Gasteiger partial charge in [-0.3, -0.25) is 10.7 Å². The van der Waals surface area contributed by atoms with Crippen molar-refractivity contribution < 1.29 is 4.99 Å². The Morgan fingerprint density at radius 3 is 2.89 bits per heavy atom. The van der Waals surface area contributed by atoms with E-state index in [0.717, 1.165) is 19.6 Å². The molecule has 0 aliphatic heterocycles. The van der Waals surface area contributed by atoms with Crippen molar-refractivity contribution >= 4 is 6.34 Å². The van der Waals surface area contributed by atoms with Crippen LogP contribution in [0.4, 0.5) is 0 Å². The van der Waals surface area contributed by atoms with Gasteiger partial charge in [-0.1, -0.05) is 6.92 Å². The van der Waals surface area contributed by atoms with Gasteiger partial charge >= 0.3 is 0 Å². The van der Waals surface area contributed by atoms with Gasteiger partial charge in [0.2, 0.25) is 6.34 Å². The zero-order valence-corrected chi connectivity index (χ0v) is 5.98. The van der Waals surface area contributed by atoms with Gasteiger partial charge < -0.3 is 5.32 Å². The van der Waals surface area contributed by atoms with E-state index >= 15 is 0 Å². The fraction of sp³-hybridized carbons (Fsp3) is 0.833. The molecule has 0 bridgehead atoms. The smallest absolute Gasteiger partial charge is 0.227 e. The summed E-state index contributed by atoms with van der Waals surface area (Å²) in [5, 5.41) is 3.23. The van der Waals surface area contributed by atoms with Crippen LogP contribution in [-0.2, 0) is 0 Å². The van der Waals surface area contributed by atoms with Crippen LogP contribution in [0.25, 0.3) is 0 Å². The number of nitrogens with one attached hydrogen (secondary N) is 2. The van der Waals surface area contributed by atoms with E-state index in [4.69, 9.17) is 5.73 Å². The second-order valence-corrected chi connectivity index (χ2v) is 1.87. The summed E-state index contributed by atoms with van der Waals surface area (Å²) in [5.74, 6) is 0. The van der Waals surface area contributed by atoms with Crippen LogP contribution in [0, 0.1) is 0 Å². The Morgan fingerprint density at radius 2 is 2.33 bits per heavy atom. The molecule has 54 valence electrons. The first kappa shape index (κ1) is 8.43. The second kappa shape index (κ2) is 7.43. The van der Waals surface area contributed by atoms with E-state index in [2.05, 4.69) is 17.2 Å². The molecule has 3 heteroatoms. The van der Waals surface area contributed by atoms with Crippen LogP contribution >= 0.6 is 0 Å². The van der Waals surface area contributed by atoms with Crippen molar-refractivity contribution in [3.05, 3.63) is 0 Å². The molecule has 0 atom stereocenters. The van der Waals surface area contributed by atoms with Crippen LogP contribution in [0.1, 0.15) is 13.3 Å². The predicted molar refractivity (Wildman–Crippen MR) is 39.2 cm³/mol. The molecule has 0 saturated carbocycles. The van der Waals surface area contributed by atoms with E-state index in [0.29, 0.717) is 0 Å². The normalized spacial score (nSPS) is 10.8. The zero-order valence-electron chi connectivity index (χ0n) is 5.98. The standard InChI is InChI=1S/C6H15N3/c1-2-3-8-4-5-9-6-7/h6,8H,2-5H2,1H3,(H2,7,9)/p+1. The molecule has 0 aliphatic carbocycles. The van der Waals surface area contributed by atoms with Crippen molar-refractivity contribution in [3.8, 4) is 0 Å². The first-order chi connectivity index (χ1) is 4.41. The Morgan fingerprint density at radius 1 is 1.56 bits per heavy atom. The molecule has 0 fully saturated rings. The lowest BCUT2D eigenvalue weighted by molar-refractivity contribution is -0.450. The van der Waals surface area contributed by atoms with Crippen LogP contribution < -0.4 is 16.0 Å². The maximum absolute atomic E-state index is 5.08. The molecule has 0 unspecified atom stereocenters. The molecule has 0 aromatic rings. The van der Waals surface area contributed by atoms with Crippen molar-refractivity contribution in [2.75, 3.05) is 19.6 Å². The Hall–Kier alpha value is -0.570. The van der Waals surface area contributed by atoms with Crippen molar-refractivity contribution in [1.82, 2.24) is 5.32 Å². The summed E-state index contributed by atoms with van der Waals surface area (Å²) in [5.41, 5.74) is 5.08. The van der Waals surface area contributed by atoms with E-state index in [9.17, 15) is 0 Å². The van der Waals surface area contributed by atoms with E-state index in [1.165, 1.54) is 12.8 Å². The van der Waals surface area contributed by atoms with Gasteiger partial charge in [-0.2, -0.15) is 0 Å². The van der Waals surface area contributed by atoms with Crippen molar-refractivity contribution in [2.45, 2.75) is 13.3 Å². The first-order valence-electron chi connectivity index (χ1n) is 3.39. The molecular weight excluding hydrogens is 114 g/mol. The molecule has 0 aromatic carbocycles. The second-order valence-electron chi connectivity index (χ2n) is 1.87. The van der Waals surface area contributed by atoms with Gasteiger partial charge in [-0.25, -0.2) is 0 Å². The van der Waals surface area contributed by atoms with Gasteiger partial charge in [0.1, 0.15) is 0 Å². The molecule has 0 amide bonds. The maximum Gasteiger partial charge on any atom is 0.227 e. The largest absolute Gasteiger partial charge is 0.313 e. The molecule has 0 aromatic heterocycles. The lowest BCUT2D eigenvalue weighted by atomic mass is 10.5. The Balaban J connectivity index is 2.75. The molecular formula is C6H16N3+. The van der Waals surface area contributed by atoms with Gasteiger partial charge in [-0.05, 0) is 13.0 Å². The molecule has 0 spiro atoms. The third kappa shape index (κ3) is 7.43. The molecule has 0 saturated heterocycles. The summed E-state index contributed by atoms with van der Waals surface area (Å²) >= 11 is 0. The maximum atomic E-state index is 5.08.